The highest BCUT2D eigenvalue weighted by Crippen LogP contribution is 2.22. The molecule has 5 nitrogen and oxygen atoms in total. The van der Waals surface area contributed by atoms with Gasteiger partial charge < -0.3 is 4.84 Å². The van der Waals surface area contributed by atoms with Crippen LogP contribution in [0.2, 0.25) is 0 Å². The molecule has 15 heavy (non-hydrogen) atoms. The zero-order valence-electron chi connectivity index (χ0n) is 9.36. The topological polar surface area (TPSA) is 63.7 Å². The summed E-state index contributed by atoms with van der Waals surface area (Å²) in [6.07, 6.45) is 0.107. The molecule has 0 bridgehead atoms. The second-order valence-electron chi connectivity index (χ2n) is 4.76. The van der Waals surface area contributed by atoms with Crippen molar-refractivity contribution in [2.24, 2.45) is 11.3 Å². The summed E-state index contributed by atoms with van der Waals surface area (Å²) in [5, 5.41) is 0.582. The highest BCUT2D eigenvalue weighted by atomic mass is 16.7. The Kier molecular flexibility index (Phi) is 2.83. The van der Waals surface area contributed by atoms with E-state index < -0.39 is 29.1 Å². The van der Waals surface area contributed by atoms with Gasteiger partial charge in [-0.1, -0.05) is 6.92 Å². The van der Waals surface area contributed by atoms with E-state index in [1.54, 1.807) is 27.7 Å². The molecule has 0 spiro atoms. The quantitative estimate of drug-likeness (QED) is 0.607. The van der Waals surface area contributed by atoms with Crippen molar-refractivity contribution in [3.63, 3.8) is 0 Å². The van der Waals surface area contributed by atoms with Gasteiger partial charge in [0.15, 0.2) is 0 Å². The van der Waals surface area contributed by atoms with Crippen LogP contribution in [0.3, 0.4) is 0 Å². The van der Waals surface area contributed by atoms with Gasteiger partial charge in [0.1, 0.15) is 0 Å². The molecule has 1 heterocycles. The number of carbonyl (C=O) groups is 3. The Morgan fingerprint density at radius 3 is 2.27 bits per heavy atom. The fourth-order valence-electron chi connectivity index (χ4n) is 1.07. The number of rotatable bonds is 1. The second kappa shape index (κ2) is 3.64. The van der Waals surface area contributed by atoms with Crippen molar-refractivity contribution < 1.29 is 19.2 Å². The summed E-state index contributed by atoms with van der Waals surface area (Å²) in [6.45, 7) is 6.60. The van der Waals surface area contributed by atoms with Crippen LogP contribution in [0.4, 0.5) is 0 Å². The van der Waals surface area contributed by atoms with E-state index in [2.05, 4.69) is 0 Å². The highest BCUT2D eigenvalue weighted by molar-refractivity contribution is 6.03. The Hall–Kier alpha value is -1.39. The monoisotopic (exact) mass is 213 g/mol. The molecule has 0 aromatic carbocycles. The van der Waals surface area contributed by atoms with E-state index in [4.69, 9.17) is 4.84 Å². The second-order valence-corrected chi connectivity index (χ2v) is 4.76. The average molecular weight is 213 g/mol. The standard InChI is InChI=1S/C10H15NO4/c1-6-5-7(12)11(8(6)13)15-9(14)10(2,3)4/h6H,5H2,1-4H3. The van der Waals surface area contributed by atoms with Crippen LogP contribution in [0.1, 0.15) is 34.1 Å². The Morgan fingerprint density at radius 1 is 1.40 bits per heavy atom. The van der Waals surface area contributed by atoms with E-state index in [-0.39, 0.29) is 6.42 Å². The zero-order chi connectivity index (χ0) is 11.8. The fraction of sp³-hybridized carbons (Fsp3) is 0.700. The number of hydroxylamine groups is 2. The van der Waals surface area contributed by atoms with Crippen molar-refractivity contribution in [3.05, 3.63) is 0 Å². The minimum absolute atomic E-state index is 0.107. The lowest BCUT2D eigenvalue weighted by Crippen LogP contribution is -2.37. The summed E-state index contributed by atoms with van der Waals surface area (Å²) in [4.78, 5) is 38.9. The maximum absolute atomic E-state index is 11.5. The first-order chi connectivity index (χ1) is 6.73. The molecule has 1 aliphatic rings. The molecule has 0 aromatic rings. The third kappa shape index (κ3) is 2.34. The number of hydrogen-bond donors (Lipinski definition) is 0. The Balaban J connectivity index is 2.71. The van der Waals surface area contributed by atoms with Crippen molar-refractivity contribution >= 4 is 17.8 Å². The van der Waals surface area contributed by atoms with Gasteiger partial charge in [-0.3, -0.25) is 9.59 Å². The van der Waals surface area contributed by atoms with Crippen LogP contribution in [-0.4, -0.2) is 22.8 Å². The van der Waals surface area contributed by atoms with Gasteiger partial charge in [0.05, 0.1) is 5.41 Å². The van der Waals surface area contributed by atoms with Gasteiger partial charge in [0.2, 0.25) is 0 Å². The van der Waals surface area contributed by atoms with Crippen molar-refractivity contribution in [1.82, 2.24) is 5.06 Å². The van der Waals surface area contributed by atoms with Gasteiger partial charge in [-0.05, 0) is 20.8 Å². The molecule has 0 saturated carbocycles. The number of carbonyl (C=O) groups excluding carboxylic acids is 3. The van der Waals surface area contributed by atoms with E-state index in [0.717, 1.165) is 0 Å². The van der Waals surface area contributed by atoms with Gasteiger partial charge in [-0.25, -0.2) is 4.79 Å². The van der Waals surface area contributed by atoms with E-state index in [0.29, 0.717) is 5.06 Å². The van der Waals surface area contributed by atoms with Crippen LogP contribution in [-0.2, 0) is 19.2 Å². The Morgan fingerprint density at radius 2 is 1.93 bits per heavy atom. The number of nitrogens with zero attached hydrogens (tertiary/aromatic N) is 1. The third-order valence-corrected chi connectivity index (χ3v) is 2.12. The lowest BCUT2D eigenvalue weighted by atomic mass is 9.98. The van der Waals surface area contributed by atoms with Gasteiger partial charge in [0, 0.05) is 12.3 Å². The van der Waals surface area contributed by atoms with E-state index >= 15 is 0 Å². The van der Waals surface area contributed by atoms with Crippen molar-refractivity contribution in [1.29, 1.82) is 0 Å². The largest absolute Gasteiger partial charge is 0.338 e. The van der Waals surface area contributed by atoms with Crippen molar-refractivity contribution in [2.75, 3.05) is 0 Å². The molecule has 1 atom stereocenters. The average Bonchev–Trinajstić information content (AvgIpc) is 2.30. The summed E-state index contributed by atoms with van der Waals surface area (Å²) in [7, 11) is 0. The summed E-state index contributed by atoms with van der Waals surface area (Å²) >= 11 is 0. The lowest BCUT2D eigenvalue weighted by molar-refractivity contribution is -0.204. The van der Waals surface area contributed by atoms with E-state index in [1.807, 2.05) is 0 Å². The van der Waals surface area contributed by atoms with Crippen LogP contribution in [0.15, 0.2) is 0 Å². The molecular weight excluding hydrogens is 198 g/mol. The smallest absolute Gasteiger partial charge is 0.330 e. The molecule has 2 amide bonds. The minimum atomic E-state index is -0.730. The van der Waals surface area contributed by atoms with Crippen molar-refractivity contribution in [2.45, 2.75) is 34.1 Å². The van der Waals surface area contributed by atoms with Crippen LogP contribution in [0.5, 0.6) is 0 Å². The fourth-order valence-corrected chi connectivity index (χ4v) is 1.07. The SMILES string of the molecule is CC1CC(=O)N(OC(=O)C(C)(C)C)C1=O. The lowest BCUT2D eigenvalue weighted by Gasteiger charge is -2.20. The number of imide groups is 1. The van der Waals surface area contributed by atoms with Crippen LogP contribution in [0, 0.1) is 11.3 Å². The first-order valence-electron chi connectivity index (χ1n) is 4.82. The van der Waals surface area contributed by atoms with Crippen LogP contribution < -0.4 is 0 Å². The molecular formula is C10H15NO4. The predicted molar refractivity (Wildman–Crippen MR) is 51.2 cm³/mol. The molecule has 1 fully saturated rings. The number of hydrogen-bond acceptors (Lipinski definition) is 4. The summed E-state index contributed by atoms with van der Waals surface area (Å²) in [6, 6.07) is 0. The zero-order valence-corrected chi connectivity index (χ0v) is 9.36. The number of amides is 2. The third-order valence-electron chi connectivity index (χ3n) is 2.12. The maximum Gasteiger partial charge on any atom is 0.338 e. The Bertz CT molecular complexity index is 316. The predicted octanol–water partition coefficient (Wildman–Crippen LogP) is 0.886. The highest BCUT2D eigenvalue weighted by Gasteiger charge is 2.40. The molecule has 5 heteroatoms. The van der Waals surface area contributed by atoms with Gasteiger partial charge in [-0.15, -0.1) is 5.06 Å². The molecule has 0 aromatic heterocycles. The van der Waals surface area contributed by atoms with E-state index in [1.165, 1.54) is 0 Å². The summed E-state index contributed by atoms with van der Waals surface area (Å²) in [5.41, 5.74) is -0.730. The van der Waals surface area contributed by atoms with Crippen LogP contribution in [0.25, 0.3) is 0 Å². The Labute approximate surface area is 88.3 Å². The molecule has 1 unspecified atom stereocenters. The molecule has 84 valence electrons. The van der Waals surface area contributed by atoms with Gasteiger partial charge in [0.25, 0.3) is 11.8 Å². The first kappa shape index (κ1) is 11.7. The van der Waals surface area contributed by atoms with Gasteiger partial charge in [-0.2, -0.15) is 0 Å². The van der Waals surface area contributed by atoms with E-state index in [9.17, 15) is 14.4 Å². The molecule has 1 aliphatic heterocycles. The maximum atomic E-state index is 11.5. The van der Waals surface area contributed by atoms with Gasteiger partial charge >= 0.3 is 5.97 Å². The molecule has 0 radical (unpaired) electrons. The van der Waals surface area contributed by atoms with Crippen LogP contribution >= 0.6 is 0 Å². The first-order valence-corrected chi connectivity index (χ1v) is 4.82. The molecule has 0 aliphatic carbocycles. The summed E-state index contributed by atoms with van der Waals surface area (Å²) < 4.78 is 0. The van der Waals surface area contributed by atoms with Crippen molar-refractivity contribution in [3.8, 4) is 0 Å². The summed E-state index contributed by atoms with van der Waals surface area (Å²) in [5.74, 6) is -1.88. The molecule has 0 N–H and O–H groups in total. The molecule has 1 rings (SSSR count). The normalized spacial score (nSPS) is 22.1. The molecule has 1 saturated heterocycles. The minimum Gasteiger partial charge on any atom is -0.330 e.